The smallest absolute Gasteiger partial charge is 0.119 e. The summed E-state index contributed by atoms with van der Waals surface area (Å²) >= 11 is 0. The lowest BCUT2D eigenvalue weighted by atomic mass is 9.77. The van der Waals surface area contributed by atoms with Crippen molar-refractivity contribution in [1.29, 1.82) is 0 Å². The number of ether oxygens (including phenoxy) is 1. The van der Waals surface area contributed by atoms with Crippen molar-refractivity contribution in [2.24, 2.45) is 5.92 Å². The molecule has 1 fully saturated rings. The molecule has 188 valence electrons. The van der Waals surface area contributed by atoms with Crippen LogP contribution in [0.25, 0.3) is 11.1 Å². The van der Waals surface area contributed by atoms with Gasteiger partial charge in [-0.1, -0.05) is 121 Å². The molecule has 2 aromatic rings. The van der Waals surface area contributed by atoms with Crippen LogP contribution in [0.2, 0.25) is 0 Å². The van der Waals surface area contributed by atoms with Crippen LogP contribution in [0.3, 0.4) is 0 Å². The van der Waals surface area contributed by atoms with Crippen molar-refractivity contribution in [3.63, 3.8) is 0 Å². The van der Waals surface area contributed by atoms with Gasteiger partial charge in [-0.25, -0.2) is 0 Å². The molecule has 0 spiro atoms. The molecule has 0 unspecified atom stereocenters. The minimum absolute atomic E-state index is 0.767. The second kappa shape index (κ2) is 16.0. The molecule has 0 amide bonds. The van der Waals surface area contributed by atoms with Crippen LogP contribution in [-0.2, 0) is 0 Å². The fourth-order valence-electron chi connectivity index (χ4n) is 5.58. The molecular formula is C33H50O. The average molecular weight is 463 g/mol. The Hall–Kier alpha value is -1.76. The van der Waals surface area contributed by atoms with Crippen molar-refractivity contribution in [3.8, 4) is 16.9 Å². The van der Waals surface area contributed by atoms with Gasteiger partial charge in [0.2, 0.25) is 0 Å². The quantitative estimate of drug-likeness (QED) is 0.225. The molecule has 3 rings (SSSR count). The summed E-state index contributed by atoms with van der Waals surface area (Å²) in [6.45, 7) is 5.41. The van der Waals surface area contributed by atoms with Crippen molar-refractivity contribution in [1.82, 2.24) is 0 Å². The molecule has 1 aliphatic rings. The fraction of sp³-hybridized carbons (Fsp3) is 0.636. The predicted octanol–water partition coefficient (Wildman–Crippen LogP) is 10.7. The first-order valence-electron chi connectivity index (χ1n) is 14.6. The number of unbranched alkanes of at least 4 members (excludes halogenated alkanes) is 9. The van der Waals surface area contributed by atoms with E-state index in [0.29, 0.717) is 0 Å². The molecule has 0 saturated heterocycles. The first-order chi connectivity index (χ1) is 16.8. The average Bonchev–Trinajstić information content (AvgIpc) is 2.89. The van der Waals surface area contributed by atoms with Gasteiger partial charge < -0.3 is 4.74 Å². The summed E-state index contributed by atoms with van der Waals surface area (Å²) in [5.74, 6) is 2.75. The van der Waals surface area contributed by atoms with E-state index >= 15 is 0 Å². The van der Waals surface area contributed by atoms with E-state index in [1.54, 1.807) is 5.56 Å². The van der Waals surface area contributed by atoms with E-state index < -0.39 is 0 Å². The van der Waals surface area contributed by atoms with Gasteiger partial charge >= 0.3 is 0 Å². The van der Waals surface area contributed by atoms with E-state index in [2.05, 4.69) is 62.4 Å². The Bertz CT molecular complexity index is 752. The molecule has 0 bridgehead atoms. The van der Waals surface area contributed by atoms with E-state index in [0.717, 1.165) is 30.6 Å². The van der Waals surface area contributed by atoms with Crippen molar-refractivity contribution in [2.75, 3.05) is 6.61 Å². The Morgan fingerprint density at radius 3 is 1.74 bits per heavy atom. The summed E-state index contributed by atoms with van der Waals surface area (Å²) in [5, 5.41) is 0. The molecule has 1 nitrogen and oxygen atoms in total. The van der Waals surface area contributed by atoms with Gasteiger partial charge in [0, 0.05) is 0 Å². The maximum atomic E-state index is 5.97. The third kappa shape index (κ3) is 9.47. The number of benzene rings is 2. The van der Waals surface area contributed by atoms with E-state index in [4.69, 9.17) is 4.74 Å². The lowest BCUT2D eigenvalue weighted by molar-refractivity contribution is 0.302. The standard InChI is InChI=1S/C33H50O/c1-3-5-7-9-10-11-13-27-34-33-25-23-32(24-26-33)31-21-19-30(20-22-31)29-17-15-28(16-18-29)14-12-8-6-4-2/h19-26,28-29H,3-18,27H2,1-2H3. The van der Waals surface area contributed by atoms with E-state index in [-0.39, 0.29) is 0 Å². The van der Waals surface area contributed by atoms with Crippen LogP contribution >= 0.6 is 0 Å². The molecule has 0 radical (unpaired) electrons. The highest BCUT2D eigenvalue weighted by Crippen LogP contribution is 2.38. The second-order valence-electron chi connectivity index (χ2n) is 10.7. The second-order valence-corrected chi connectivity index (χ2v) is 10.7. The fourth-order valence-corrected chi connectivity index (χ4v) is 5.58. The predicted molar refractivity (Wildman–Crippen MR) is 149 cm³/mol. The SMILES string of the molecule is CCCCCCCCCOc1ccc(-c2ccc(C3CCC(CCCCCC)CC3)cc2)cc1. The third-order valence-electron chi connectivity index (χ3n) is 7.90. The lowest BCUT2D eigenvalue weighted by Gasteiger charge is -2.29. The summed E-state index contributed by atoms with van der Waals surface area (Å²) < 4.78 is 5.97. The van der Waals surface area contributed by atoms with Gasteiger partial charge in [0.05, 0.1) is 6.61 Å². The van der Waals surface area contributed by atoms with Gasteiger partial charge in [0.1, 0.15) is 5.75 Å². The van der Waals surface area contributed by atoms with Crippen molar-refractivity contribution >= 4 is 0 Å². The van der Waals surface area contributed by atoms with Gasteiger partial charge in [0.15, 0.2) is 0 Å². The summed E-state index contributed by atoms with van der Waals surface area (Å²) in [4.78, 5) is 0. The minimum Gasteiger partial charge on any atom is -0.494 e. The van der Waals surface area contributed by atoms with Crippen LogP contribution in [-0.4, -0.2) is 6.61 Å². The minimum atomic E-state index is 0.767. The van der Waals surface area contributed by atoms with Gasteiger partial charge in [-0.3, -0.25) is 0 Å². The highest BCUT2D eigenvalue weighted by atomic mass is 16.5. The topological polar surface area (TPSA) is 9.23 Å². The molecule has 1 saturated carbocycles. The lowest BCUT2D eigenvalue weighted by Crippen LogP contribution is -2.13. The Balaban J connectivity index is 1.37. The van der Waals surface area contributed by atoms with Gasteiger partial charge in [-0.05, 0) is 72.8 Å². The summed E-state index contributed by atoms with van der Waals surface area (Å²) in [6, 6.07) is 18.1. The number of rotatable bonds is 16. The van der Waals surface area contributed by atoms with Crippen molar-refractivity contribution in [3.05, 3.63) is 54.1 Å². The Morgan fingerprint density at radius 2 is 1.12 bits per heavy atom. The molecule has 0 aromatic heterocycles. The van der Waals surface area contributed by atoms with Crippen LogP contribution in [0.5, 0.6) is 5.75 Å². The van der Waals surface area contributed by atoms with E-state index in [1.807, 2.05) is 0 Å². The zero-order chi connectivity index (χ0) is 23.8. The van der Waals surface area contributed by atoms with E-state index in [9.17, 15) is 0 Å². The van der Waals surface area contributed by atoms with Gasteiger partial charge in [-0.2, -0.15) is 0 Å². The molecule has 34 heavy (non-hydrogen) atoms. The van der Waals surface area contributed by atoms with Crippen molar-refractivity contribution < 1.29 is 4.74 Å². The van der Waals surface area contributed by atoms with Crippen LogP contribution in [0.1, 0.15) is 128 Å². The zero-order valence-electron chi connectivity index (χ0n) is 22.2. The normalized spacial score (nSPS) is 18.2. The summed E-state index contributed by atoms with van der Waals surface area (Å²) in [5.41, 5.74) is 4.14. The maximum absolute atomic E-state index is 5.97. The largest absolute Gasteiger partial charge is 0.494 e. The number of hydrogen-bond donors (Lipinski definition) is 0. The molecule has 2 aromatic carbocycles. The molecular weight excluding hydrogens is 412 g/mol. The molecule has 0 atom stereocenters. The highest BCUT2D eigenvalue weighted by molar-refractivity contribution is 5.64. The molecule has 0 heterocycles. The zero-order valence-corrected chi connectivity index (χ0v) is 22.2. The van der Waals surface area contributed by atoms with Crippen LogP contribution in [0.4, 0.5) is 0 Å². The third-order valence-corrected chi connectivity index (χ3v) is 7.90. The molecule has 0 aliphatic heterocycles. The van der Waals surface area contributed by atoms with Crippen LogP contribution < -0.4 is 4.74 Å². The van der Waals surface area contributed by atoms with Crippen LogP contribution in [0.15, 0.2) is 48.5 Å². The summed E-state index contributed by atoms with van der Waals surface area (Å²) in [6.07, 6.45) is 22.0. The Labute approximate surface area is 210 Å². The van der Waals surface area contributed by atoms with Gasteiger partial charge in [-0.15, -0.1) is 0 Å². The first-order valence-corrected chi connectivity index (χ1v) is 14.6. The molecule has 1 aliphatic carbocycles. The maximum Gasteiger partial charge on any atom is 0.119 e. The highest BCUT2D eigenvalue weighted by Gasteiger charge is 2.22. The monoisotopic (exact) mass is 462 g/mol. The Morgan fingerprint density at radius 1 is 0.588 bits per heavy atom. The molecule has 1 heteroatoms. The molecule has 0 N–H and O–H groups in total. The van der Waals surface area contributed by atoms with Gasteiger partial charge in [0.25, 0.3) is 0 Å². The Kier molecular flexibility index (Phi) is 12.6. The number of hydrogen-bond acceptors (Lipinski definition) is 1. The van der Waals surface area contributed by atoms with Crippen LogP contribution in [0, 0.1) is 5.92 Å². The summed E-state index contributed by atoms with van der Waals surface area (Å²) in [7, 11) is 0. The first kappa shape index (κ1) is 26.8. The van der Waals surface area contributed by atoms with E-state index in [1.165, 1.54) is 107 Å². The van der Waals surface area contributed by atoms with Crippen molar-refractivity contribution in [2.45, 2.75) is 122 Å².